The Morgan fingerprint density at radius 2 is 1.80 bits per heavy atom. The molecule has 2 fully saturated rings. The largest absolute Gasteiger partial charge is 0.369 e. The van der Waals surface area contributed by atoms with Crippen molar-refractivity contribution in [2.24, 2.45) is 5.92 Å². The summed E-state index contributed by atoms with van der Waals surface area (Å²) in [6.45, 7) is 5.24. The maximum Gasteiger partial charge on any atom is 0.229 e. The molecule has 1 aliphatic heterocycles. The molecule has 1 saturated carbocycles. The van der Waals surface area contributed by atoms with Crippen LogP contribution in [0.5, 0.6) is 0 Å². The molecule has 0 spiro atoms. The lowest BCUT2D eigenvalue weighted by Gasteiger charge is -2.34. The fourth-order valence-electron chi connectivity index (χ4n) is 4.28. The van der Waals surface area contributed by atoms with Gasteiger partial charge in [0.25, 0.3) is 0 Å². The van der Waals surface area contributed by atoms with Crippen molar-refractivity contribution in [3.8, 4) is 0 Å². The summed E-state index contributed by atoms with van der Waals surface area (Å²) in [5.74, 6) is 1.99. The summed E-state index contributed by atoms with van der Waals surface area (Å²) < 4.78 is 0. The number of aromatic nitrogens is 2. The molecule has 0 radical (unpaired) electrons. The summed E-state index contributed by atoms with van der Waals surface area (Å²) in [5, 5.41) is 14.4. The molecule has 2 aromatic rings. The zero-order chi connectivity index (χ0) is 20.8. The Bertz CT molecular complexity index is 822. The second kappa shape index (κ2) is 9.89. The van der Waals surface area contributed by atoms with Gasteiger partial charge in [0, 0.05) is 56.5 Å². The second-order valence-electron chi connectivity index (χ2n) is 8.49. The predicted octanol–water partition coefficient (Wildman–Crippen LogP) is 3.96. The Hall–Kier alpha value is -2.67. The smallest absolute Gasteiger partial charge is 0.229 e. The Kier molecular flexibility index (Phi) is 6.79. The highest BCUT2D eigenvalue weighted by atomic mass is 15.2. The zero-order valence-electron chi connectivity index (χ0n) is 17.9. The first kappa shape index (κ1) is 20.6. The minimum absolute atomic E-state index is 0.555. The molecule has 0 atom stereocenters. The Morgan fingerprint density at radius 1 is 1.07 bits per heavy atom. The number of anilines is 4. The van der Waals surface area contributed by atoms with Gasteiger partial charge in [-0.05, 0) is 50.1 Å². The van der Waals surface area contributed by atoms with Crippen molar-refractivity contribution in [1.82, 2.24) is 14.9 Å². The van der Waals surface area contributed by atoms with Gasteiger partial charge in [-0.2, -0.15) is 4.98 Å². The number of benzene rings is 1. The molecule has 0 unspecified atom stereocenters. The van der Waals surface area contributed by atoms with Crippen molar-refractivity contribution in [2.45, 2.75) is 32.1 Å². The Balaban J connectivity index is 1.39. The van der Waals surface area contributed by atoms with E-state index in [1.807, 2.05) is 0 Å². The summed E-state index contributed by atoms with van der Waals surface area (Å²) in [6.07, 6.45) is 9.60. The van der Waals surface area contributed by atoms with Crippen molar-refractivity contribution in [3.63, 3.8) is 0 Å². The minimum atomic E-state index is 0.555. The molecule has 1 aromatic heterocycles. The van der Waals surface area contributed by atoms with E-state index in [1.165, 1.54) is 44.0 Å². The lowest BCUT2D eigenvalue weighted by atomic mass is 9.89. The SMILES string of the molecule is CN1CCN(c2ccc(Nc3ncc(C=N)c(NCC4CCCCC4)n3)cc2)CC1. The van der Waals surface area contributed by atoms with Crippen LogP contribution in [0.25, 0.3) is 0 Å². The van der Waals surface area contributed by atoms with Crippen LogP contribution in [0.1, 0.15) is 37.7 Å². The number of piperazine rings is 1. The van der Waals surface area contributed by atoms with Gasteiger partial charge in [0.05, 0.1) is 5.56 Å². The van der Waals surface area contributed by atoms with Crippen molar-refractivity contribution >= 4 is 29.4 Å². The van der Waals surface area contributed by atoms with Gasteiger partial charge >= 0.3 is 0 Å². The molecule has 2 heterocycles. The number of nitrogens with zero attached hydrogens (tertiary/aromatic N) is 4. The van der Waals surface area contributed by atoms with Crippen LogP contribution in [0.4, 0.5) is 23.1 Å². The molecular formula is C23H33N7. The topological polar surface area (TPSA) is 80.2 Å². The fraction of sp³-hybridized carbons (Fsp3) is 0.522. The van der Waals surface area contributed by atoms with Crippen LogP contribution >= 0.6 is 0 Å². The number of hydrogen-bond acceptors (Lipinski definition) is 7. The molecule has 7 heteroatoms. The number of hydrogen-bond donors (Lipinski definition) is 3. The van der Waals surface area contributed by atoms with Crippen LogP contribution in [-0.4, -0.2) is 60.9 Å². The zero-order valence-corrected chi connectivity index (χ0v) is 17.9. The van der Waals surface area contributed by atoms with E-state index < -0.39 is 0 Å². The maximum atomic E-state index is 7.66. The van der Waals surface area contributed by atoms with E-state index in [0.29, 0.717) is 11.9 Å². The lowest BCUT2D eigenvalue weighted by molar-refractivity contribution is 0.313. The molecule has 0 amide bonds. The standard InChI is InChI=1S/C23H33N7/c1-29-11-13-30(14-12-29)21-9-7-20(8-10-21)27-23-26-17-19(15-24)22(28-23)25-16-18-5-3-2-4-6-18/h7-10,15,17-18,24H,2-6,11-14,16H2,1H3,(H2,25,26,27,28). The van der Waals surface area contributed by atoms with Crippen LogP contribution in [-0.2, 0) is 0 Å². The highest BCUT2D eigenvalue weighted by Crippen LogP contribution is 2.25. The summed E-state index contributed by atoms with van der Waals surface area (Å²) in [7, 11) is 2.17. The van der Waals surface area contributed by atoms with Gasteiger partial charge in [-0.15, -0.1) is 0 Å². The van der Waals surface area contributed by atoms with E-state index in [1.54, 1.807) is 6.20 Å². The van der Waals surface area contributed by atoms with Gasteiger partial charge in [0.2, 0.25) is 5.95 Å². The quantitative estimate of drug-likeness (QED) is 0.603. The number of rotatable bonds is 7. The van der Waals surface area contributed by atoms with Crippen molar-refractivity contribution in [3.05, 3.63) is 36.0 Å². The van der Waals surface area contributed by atoms with Gasteiger partial charge in [-0.3, -0.25) is 0 Å². The average molecular weight is 408 g/mol. The van der Waals surface area contributed by atoms with Crippen molar-refractivity contribution in [2.75, 3.05) is 55.3 Å². The molecule has 3 N–H and O–H groups in total. The number of likely N-dealkylation sites (N-methyl/N-ethyl adjacent to an activating group) is 1. The van der Waals surface area contributed by atoms with E-state index in [0.717, 1.165) is 49.8 Å². The van der Waals surface area contributed by atoms with Gasteiger partial charge in [0.1, 0.15) is 5.82 Å². The molecule has 1 aromatic carbocycles. The molecule has 2 aliphatic rings. The summed E-state index contributed by atoms with van der Waals surface area (Å²) in [4.78, 5) is 13.8. The highest BCUT2D eigenvalue weighted by Gasteiger charge is 2.15. The van der Waals surface area contributed by atoms with Crippen LogP contribution in [0, 0.1) is 11.3 Å². The molecular weight excluding hydrogens is 374 g/mol. The highest BCUT2D eigenvalue weighted by molar-refractivity contribution is 5.84. The van der Waals surface area contributed by atoms with Gasteiger partial charge in [-0.1, -0.05) is 19.3 Å². The van der Waals surface area contributed by atoms with Gasteiger partial charge in [-0.25, -0.2) is 4.98 Å². The summed E-state index contributed by atoms with van der Waals surface area (Å²) in [6, 6.07) is 8.47. The lowest BCUT2D eigenvalue weighted by Crippen LogP contribution is -2.44. The van der Waals surface area contributed by atoms with Crippen molar-refractivity contribution < 1.29 is 0 Å². The van der Waals surface area contributed by atoms with E-state index in [2.05, 4.69) is 61.7 Å². The van der Waals surface area contributed by atoms with Crippen LogP contribution in [0.3, 0.4) is 0 Å². The molecule has 30 heavy (non-hydrogen) atoms. The third-order valence-corrected chi connectivity index (χ3v) is 6.25. The normalized spacial score (nSPS) is 18.2. The van der Waals surface area contributed by atoms with Crippen LogP contribution in [0.15, 0.2) is 30.5 Å². The Morgan fingerprint density at radius 3 is 2.50 bits per heavy atom. The first-order chi connectivity index (χ1) is 14.7. The monoisotopic (exact) mass is 407 g/mol. The molecule has 4 rings (SSSR count). The summed E-state index contributed by atoms with van der Waals surface area (Å²) >= 11 is 0. The molecule has 0 bridgehead atoms. The predicted molar refractivity (Wildman–Crippen MR) is 124 cm³/mol. The summed E-state index contributed by atoms with van der Waals surface area (Å²) in [5.41, 5.74) is 2.94. The third kappa shape index (κ3) is 5.27. The average Bonchev–Trinajstić information content (AvgIpc) is 2.80. The van der Waals surface area contributed by atoms with E-state index in [9.17, 15) is 0 Å². The minimum Gasteiger partial charge on any atom is -0.369 e. The molecule has 7 nitrogen and oxygen atoms in total. The van der Waals surface area contributed by atoms with Crippen molar-refractivity contribution in [1.29, 1.82) is 5.41 Å². The van der Waals surface area contributed by atoms with Gasteiger partial charge < -0.3 is 25.8 Å². The molecule has 160 valence electrons. The van der Waals surface area contributed by atoms with E-state index >= 15 is 0 Å². The van der Waals surface area contributed by atoms with E-state index in [4.69, 9.17) is 5.41 Å². The number of nitrogens with one attached hydrogen (secondary N) is 3. The van der Waals surface area contributed by atoms with E-state index in [-0.39, 0.29) is 0 Å². The second-order valence-corrected chi connectivity index (χ2v) is 8.49. The van der Waals surface area contributed by atoms with Crippen LogP contribution < -0.4 is 15.5 Å². The molecule has 1 saturated heterocycles. The first-order valence-corrected chi connectivity index (χ1v) is 11.1. The fourth-order valence-corrected chi connectivity index (χ4v) is 4.28. The third-order valence-electron chi connectivity index (χ3n) is 6.25. The first-order valence-electron chi connectivity index (χ1n) is 11.1. The maximum absolute atomic E-state index is 7.66. The van der Waals surface area contributed by atoms with Gasteiger partial charge in [0.15, 0.2) is 0 Å². The molecule has 1 aliphatic carbocycles. The Labute approximate surface area is 179 Å². The van der Waals surface area contributed by atoms with Crippen LogP contribution in [0.2, 0.25) is 0 Å².